The maximum Gasteiger partial charge on any atom is 0.459 e. The fourth-order valence-electron chi connectivity index (χ4n) is 5.63. The summed E-state index contributed by atoms with van der Waals surface area (Å²) in [5.74, 6) is -5.03. The van der Waals surface area contributed by atoms with Crippen LogP contribution >= 0.6 is 7.75 Å². The van der Waals surface area contributed by atoms with E-state index in [1.807, 2.05) is 0 Å². The number of ether oxygens (including phenoxy) is 3. The number of esters is 1. The first kappa shape index (κ1) is 33.1. The van der Waals surface area contributed by atoms with Crippen LogP contribution in [0.4, 0.5) is 20.4 Å². The number of nitrogens with zero attached hydrogens (tertiary/aromatic N) is 3. The van der Waals surface area contributed by atoms with Crippen LogP contribution < -0.4 is 20.1 Å². The third-order valence-electron chi connectivity index (χ3n) is 7.95. The van der Waals surface area contributed by atoms with Crippen LogP contribution in [-0.2, 0) is 23.4 Å². The SMILES string of the molecule is CCOc1nc(N)nc2c1N=CC2[C@H]1O[C@](F)(COP(=O)(NC(C)C(=O)OC2CCCCC2)Oc2ccccc2)[C@@H](O)[C@@]1(C)F. The molecule has 0 amide bonds. The zero-order chi connectivity index (χ0) is 32.4. The number of halogens is 2. The van der Waals surface area contributed by atoms with Crippen LogP contribution in [0.5, 0.6) is 11.6 Å². The number of anilines is 1. The third kappa shape index (κ3) is 7.12. The molecule has 7 atom stereocenters. The van der Waals surface area contributed by atoms with Crippen molar-refractivity contribution in [2.75, 3.05) is 18.9 Å². The second kappa shape index (κ2) is 13.2. The number of para-hydroxylation sites is 1. The first-order valence-corrected chi connectivity index (χ1v) is 16.4. The van der Waals surface area contributed by atoms with E-state index in [1.165, 1.54) is 25.3 Å². The highest BCUT2D eigenvalue weighted by Crippen LogP contribution is 2.53. The lowest BCUT2D eigenvalue weighted by molar-refractivity contribution is -0.192. The molecule has 1 saturated carbocycles. The Bertz CT molecular complexity index is 1450. The number of hydrogen-bond acceptors (Lipinski definition) is 12. The summed E-state index contributed by atoms with van der Waals surface area (Å²) in [6, 6.07) is 6.66. The molecule has 1 aromatic carbocycles. The van der Waals surface area contributed by atoms with E-state index in [-0.39, 0.29) is 41.7 Å². The van der Waals surface area contributed by atoms with Gasteiger partial charge < -0.3 is 29.6 Å². The number of aliphatic imine (C=N–C) groups is 1. The minimum atomic E-state index is -4.57. The van der Waals surface area contributed by atoms with Gasteiger partial charge >= 0.3 is 13.7 Å². The molecule has 2 fully saturated rings. The molecule has 5 rings (SSSR count). The van der Waals surface area contributed by atoms with Crippen molar-refractivity contribution in [3.8, 4) is 11.6 Å². The number of carbonyl (C=O) groups excluding carboxylic acids is 1. The minimum Gasteiger partial charge on any atom is -0.476 e. The highest BCUT2D eigenvalue weighted by Gasteiger charge is 2.66. The van der Waals surface area contributed by atoms with Gasteiger partial charge in [0.25, 0.3) is 5.85 Å². The Kier molecular flexibility index (Phi) is 9.76. The van der Waals surface area contributed by atoms with Crippen molar-refractivity contribution in [1.29, 1.82) is 0 Å². The Hall–Kier alpha value is -3.23. The minimum absolute atomic E-state index is 0.0638. The number of carbonyl (C=O) groups is 1. The fraction of sp³-hybridized carbons (Fsp3) is 0.586. The largest absolute Gasteiger partial charge is 0.476 e. The molecule has 3 unspecified atom stereocenters. The molecule has 1 saturated heterocycles. The predicted molar refractivity (Wildman–Crippen MR) is 159 cm³/mol. The highest BCUT2D eigenvalue weighted by atomic mass is 31.2. The summed E-state index contributed by atoms with van der Waals surface area (Å²) < 4.78 is 74.0. The number of aromatic nitrogens is 2. The molecular weight excluding hydrogens is 615 g/mol. The summed E-state index contributed by atoms with van der Waals surface area (Å²) >= 11 is 0. The summed E-state index contributed by atoms with van der Waals surface area (Å²) in [6.07, 6.45) is 1.31. The zero-order valence-corrected chi connectivity index (χ0v) is 26.1. The molecule has 2 aliphatic heterocycles. The van der Waals surface area contributed by atoms with Crippen LogP contribution in [0.25, 0.3) is 0 Å². The second-order valence-electron chi connectivity index (χ2n) is 11.5. The Morgan fingerprint density at radius 3 is 2.62 bits per heavy atom. The summed E-state index contributed by atoms with van der Waals surface area (Å²) in [5, 5.41) is 13.4. The van der Waals surface area contributed by atoms with Crippen LogP contribution in [0.15, 0.2) is 35.3 Å². The van der Waals surface area contributed by atoms with Crippen LogP contribution in [0.2, 0.25) is 0 Å². The molecular formula is C29H38F2N5O8P. The van der Waals surface area contributed by atoms with Gasteiger partial charge in [-0.2, -0.15) is 10.1 Å². The molecule has 246 valence electrons. The van der Waals surface area contributed by atoms with Gasteiger partial charge in [-0.1, -0.05) is 24.6 Å². The van der Waals surface area contributed by atoms with Gasteiger partial charge in [-0.3, -0.25) is 14.3 Å². The van der Waals surface area contributed by atoms with Crippen LogP contribution in [-0.4, -0.2) is 76.3 Å². The number of nitrogens with two attached hydrogens (primary N) is 1. The van der Waals surface area contributed by atoms with E-state index in [0.29, 0.717) is 0 Å². The lowest BCUT2D eigenvalue weighted by Gasteiger charge is -2.29. The number of aliphatic hydroxyl groups excluding tert-OH is 1. The molecule has 2 aromatic rings. The highest BCUT2D eigenvalue weighted by molar-refractivity contribution is 7.52. The second-order valence-corrected chi connectivity index (χ2v) is 13.2. The van der Waals surface area contributed by atoms with Gasteiger partial charge in [0.15, 0.2) is 11.8 Å². The van der Waals surface area contributed by atoms with Gasteiger partial charge in [-0.25, -0.2) is 18.3 Å². The van der Waals surface area contributed by atoms with Gasteiger partial charge in [0, 0.05) is 6.21 Å². The zero-order valence-electron chi connectivity index (χ0n) is 25.2. The summed E-state index contributed by atoms with van der Waals surface area (Å²) in [5.41, 5.74) is 3.42. The topological polar surface area (TPSA) is 177 Å². The van der Waals surface area contributed by atoms with E-state index < -0.39 is 56.0 Å². The first-order valence-electron chi connectivity index (χ1n) is 14.9. The maximum atomic E-state index is 16.4. The van der Waals surface area contributed by atoms with Crippen molar-refractivity contribution in [2.24, 2.45) is 4.99 Å². The Balaban J connectivity index is 1.34. The van der Waals surface area contributed by atoms with E-state index in [2.05, 4.69) is 20.0 Å². The molecule has 0 radical (unpaired) electrons. The molecule has 0 spiro atoms. The summed E-state index contributed by atoms with van der Waals surface area (Å²) in [7, 11) is -4.57. The number of rotatable bonds is 12. The lowest BCUT2D eigenvalue weighted by atomic mass is 9.85. The Morgan fingerprint density at radius 1 is 1.22 bits per heavy atom. The van der Waals surface area contributed by atoms with E-state index >= 15 is 8.78 Å². The third-order valence-corrected chi connectivity index (χ3v) is 9.57. The molecule has 16 heteroatoms. The first-order chi connectivity index (χ1) is 21.3. The molecule has 13 nitrogen and oxygen atoms in total. The molecule has 0 bridgehead atoms. The number of benzene rings is 1. The van der Waals surface area contributed by atoms with Gasteiger partial charge in [0.1, 0.15) is 36.3 Å². The van der Waals surface area contributed by atoms with Crippen LogP contribution in [0, 0.1) is 0 Å². The Labute approximate surface area is 259 Å². The maximum absolute atomic E-state index is 16.4. The Morgan fingerprint density at radius 2 is 1.93 bits per heavy atom. The molecule has 45 heavy (non-hydrogen) atoms. The number of nitrogens with one attached hydrogen (secondary N) is 1. The lowest BCUT2D eigenvalue weighted by Crippen LogP contribution is -2.48. The van der Waals surface area contributed by atoms with Crippen molar-refractivity contribution >= 4 is 31.6 Å². The smallest absolute Gasteiger partial charge is 0.459 e. The summed E-state index contributed by atoms with van der Waals surface area (Å²) in [4.78, 5) is 25.2. The molecule has 3 heterocycles. The van der Waals surface area contributed by atoms with E-state index in [1.54, 1.807) is 25.1 Å². The molecule has 1 aromatic heterocycles. The van der Waals surface area contributed by atoms with E-state index in [4.69, 9.17) is 29.0 Å². The van der Waals surface area contributed by atoms with E-state index in [9.17, 15) is 14.5 Å². The number of fused-ring (bicyclic) bond motifs is 1. The van der Waals surface area contributed by atoms with Crippen molar-refractivity contribution in [3.05, 3.63) is 36.0 Å². The van der Waals surface area contributed by atoms with Crippen LogP contribution in [0.1, 0.15) is 64.5 Å². The van der Waals surface area contributed by atoms with Gasteiger partial charge in [-0.05, 0) is 58.6 Å². The van der Waals surface area contributed by atoms with Gasteiger partial charge in [-0.15, -0.1) is 0 Å². The number of aliphatic hydroxyl groups is 1. The quantitative estimate of drug-likeness (QED) is 0.217. The average Bonchev–Trinajstić information content (AvgIpc) is 3.50. The van der Waals surface area contributed by atoms with Crippen molar-refractivity contribution in [3.63, 3.8) is 0 Å². The summed E-state index contributed by atoms with van der Waals surface area (Å²) in [6.45, 7) is 3.09. The van der Waals surface area contributed by atoms with Gasteiger partial charge in [0.05, 0.1) is 18.2 Å². The predicted octanol–water partition coefficient (Wildman–Crippen LogP) is 4.47. The van der Waals surface area contributed by atoms with Crippen molar-refractivity contribution < 1.29 is 46.5 Å². The van der Waals surface area contributed by atoms with Crippen molar-refractivity contribution in [2.45, 2.75) is 94.7 Å². The average molecular weight is 654 g/mol. The van der Waals surface area contributed by atoms with E-state index in [0.717, 1.165) is 39.0 Å². The monoisotopic (exact) mass is 653 g/mol. The normalized spacial score (nSPS) is 30.0. The fourth-order valence-corrected chi connectivity index (χ4v) is 7.14. The number of hydrogen-bond donors (Lipinski definition) is 3. The molecule has 4 N–H and O–H groups in total. The molecule has 1 aliphatic carbocycles. The number of nitrogen functional groups attached to an aromatic ring is 1. The number of alkyl halides is 2. The van der Waals surface area contributed by atoms with Crippen molar-refractivity contribution in [1.82, 2.24) is 15.1 Å². The molecule has 3 aliphatic rings. The van der Waals surface area contributed by atoms with Crippen LogP contribution in [0.3, 0.4) is 0 Å². The van der Waals surface area contributed by atoms with Gasteiger partial charge in [0.2, 0.25) is 11.8 Å². The standard InChI is InChI=1S/C29H38F2N5O8P/c1-4-40-24-22-21(34-27(32)35-24)20(15-33-22)23-28(3,30)26(38)29(31,43-23)16-41-45(39,44-19-13-9-6-10-14-19)36-17(2)25(37)42-18-11-7-5-8-12-18/h6,9-10,13-15,17-18,20,23,26,38H,4-5,7-8,11-12,16H2,1-3H3,(H,36,39)(H2,32,34,35)/t17?,20?,23-,26+,28+,29-,45?/m1/s1.